The lowest BCUT2D eigenvalue weighted by molar-refractivity contribution is -0.134. The highest BCUT2D eigenvalue weighted by atomic mass is 16.5. The zero-order valence-corrected chi connectivity index (χ0v) is 18.8. The number of rotatable bonds is 3. The molecular formula is C26H26N2O5. The van der Waals surface area contributed by atoms with Gasteiger partial charge in [0.2, 0.25) is 5.91 Å². The van der Waals surface area contributed by atoms with Crippen molar-refractivity contribution in [3.05, 3.63) is 64.2 Å². The first kappa shape index (κ1) is 21.4. The van der Waals surface area contributed by atoms with Gasteiger partial charge in [0.25, 0.3) is 11.8 Å². The summed E-state index contributed by atoms with van der Waals surface area (Å²) in [6.07, 6.45) is 1.55. The van der Waals surface area contributed by atoms with E-state index in [0.29, 0.717) is 54.8 Å². The Balaban J connectivity index is 1.21. The van der Waals surface area contributed by atoms with E-state index in [1.807, 2.05) is 26.0 Å². The van der Waals surface area contributed by atoms with E-state index in [4.69, 9.17) is 4.74 Å². The third kappa shape index (κ3) is 3.52. The van der Waals surface area contributed by atoms with Crippen molar-refractivity contribution in [1.29, 1.82) is 0 Å². The quantitative estimate of drug-likeness (QED) is 0.676. The Kier molecular flexibility index (Phi) is 5.07. The molecule has 1 spiro atoms. The monoisotopic (exact) mass is 446 g/mol. The molecule has 170 valence electrons. The van der Waals surface area contributed by atoms with E-state index in [2.05, 4.69) is 0 Å². The lowest BCUT2D eigenvalue weighted by atomic mass is 9.81. The van der Waals surface area contributed by atoms with E-state index in [1.165, 1.54) is 0 Å². The van der Waals surface area contributed by atoms with Crippen LogP contribution in [0, 0.1) is 13.8 Å². The number of amides is 3. The number of likely N-dealkylation sites (tertiary alicyclic amines) is 1. The van der Waals surface area contributed by atoms with E-state index < -0.39 is 5.60 Å². The summed E-state index contributed by atoms with van der Waals surface area (Å²) in [5, 5.41) is 0. The second-order valence-corrected chi connectivity index (χ2v) is 9.21. The Hall–Kier alpha value is -3.48. The van der Waals surface area contributed by atoms with Crippen LogP contribution in [0.1, 0.15) is 67.9 Å². The summed E-state index contributed by atoms with van der Waals surface area (Å²) >= 11 is 0. The summed E-state index contributed by atoms with van der Waals surface area (Å²) < 4.78 is 6.42. The topological polar surface area (TPSA) is 84.0 Å². The molecule has 0 N–H and O–H groups in total. The first-order chi connectivity index (χ1) is 15.8. The molecule has 0 unspecified atom stereocenters. The summed E-state index contributed by atoms with van der Waals surface area (Å²) in [4.78, 5) is 53.6. The van der Waals surface area contributed by atoms with Crippen LogP contribution in [-0.2, 0) is 4.79 Å². The largest absolute Gasteiger partial charge is 0.486 e. The highest BCUT2D eigenvalue weighted by molar-refractivity contribution is 6.21. The van der Waals surface area contributed by atoms with Gasteiger partial charge in [0.15, 0.2) is 5.78 Å². The summed E-state index contributed by atoms with van der Waals surface area (Å²) in [6, 6.07) is 10.5. The van der Waals surface area contributed by atoms with Gasteiger partial charge in [0.05, 0.1) is 23.1 Å². The number of ether oxygens (including phenoxy) is 1. The lowest BCUT2D eigenvalue weighted by Crippen LogP contribution is -2.52. The van der Waals surface area contributed by atoms with Crippen LogP contribution in [0.15, 0.2) is 36.4 Å². The Morgan fingerprint density at radius 2 is 1.58 bits per heavy atom. The minimum atomic E-state index is -0.581. The van der Waals surface area contributed by atoms with Gasteiger partial charge in [0.1, 0.15) is 11.4 Å². The maximum absolute atomic E-state index is 12.8. The fraction of sp³-hybridized carbons (Fsp3) is 0.385. The average Bonchev–Trinajstić information content (AvgIpc) is 3.05. The highest BCUT2D eigenvalue weighted by Crippen LogP contribution is 2.41. The molecular weight excluding hydrogens is 420 g/mol. The smallest absolute Gasteiger partial charge is 0.261 e. The Labute approximate surface area is 192 Å². The molecule has 0 radical (unpaired) electrons. The van der Waals surface area contributed by atoms with Crippen molar-refractivity contribution in [2.24, 2.45) is 0 Å². The maximum atomic E-state index is 12.8. The molecule has 3 amide bonds. The molecule has 0 saturated carbocycles. The predicted molar refractivity (Wildman–Crippen MR) is 120 cm³/mol. The standard InChI is InChI=1S/C26H26N2O5/c1-16-7-8-20-21(29)15-26(33-23(20)17(16)2)10-13-27(14-11-26)22(30)9-12-28-24(31)18-5-3-4-6-19(18)25(28)32/h3-8H,9-15H2,1-2H3. The van der Waals surface area contributed by atoms with E-state index in [1.54, 1.807) is 29.2 Å². The lowest BCUT2D eigenvalue weighted by Gasteiger charge is -2.44. The van der Waals surface area contributed by atoms with Crippen LogP contribution in [-0.4, -0.2) is 58.5 Å². The third-order valence-corrected chi connectivity index (χ3v) is 7.23. The number of piperidine rings is 1. The van der Waals surface area contributed by atoms with Crippen LogP contribution in [0.25, 0.3) is 0 Å². The normalized spacial score (nSPS) is 18.9. The van der Waals surface area contributed by atoms with Crippen molar-refractivity contribution in [3.8, 4) is 5.75 Å². The molecule has 33 heavy (non-hydrogen) atoms. The van der Waals surface area contributed by atoms with Crippen molar-refractivity contribution in [1.82, 2.24) is 9.80 Å². The number of benzene rings is 2. The van der Waals surface area contributed by atoms with Crippen LogP contribution in [0.4, 0.5) is 0 Å². The van der Waals surface area contributed by atoms with Gasteiger partial charge in [0, 0.05) is 38.9 Å². The van der Waals surface area contributed by atoms with Gasteiger partial charge in [-0.05, 0) is 43.2 Å². The molecule has 7 heteroatoms. The summed E-state index contributed by atoms with van der Waals surface area (Å²) in [5.41, 5.74) is 2.91. The molecule has 2 aromatic rings. The van der Waals surface area contributed by atoms with Crippen LogP contribution in [0.3, 0.4) is 0 Å². The predicted octanol–water partition coefficient (Wildman–Crippen LogP) is 3.32. The van der Waals surface area contributed by atoms with Crippen molar-refractivity contribution in [2.45, 2.75) is 45.1 Å². The van der Waals surface area contributed by atoms with Gasteiger partial charge in [-0.15, -0.1) is 0 Å². The van der Waals surface area contributed by atoms with Gasteiger partial charge in [-0.25, -0.2) is 0 Å². The molecule has 3 heterocycles. The maximum Gasteiger partial charge on any atom is 0.261 e. The number of carbonyl (C=O) groups excluding carboxylic acids is 4. The van der Waals surface area contributed by atoms with Gasteiger partial charge < -0.3 is 9.64 Å². The van der Waals surface area contributed by atoms with Crippen LogP contribution in [0.2, 0.25) is 0 Å². The molecule has 1 saturated heterocycles. The Morgan fingerprint density at radius 1 is 0.939 bits per heavy atom. The molecule has 0 aromatic heterocycles. The number of carbonyl (C=O) groups is 4. The van der Waals surface area contributed by atoms with E-state index >= 15 is 0 Å². The molecule has 0 atom stereocenters. The van der Waals surface area contributed by atoms with E-state index in [9.17, 15) is 19.2 Å². The van der Waals surface area contributed by atoms with E-state index in [0.717, 1.165) is 16.0 Å². The van der Waals surface area contributed by atoms with Gasteiger partial charge in [-0.1, -0.05) is 18.2 Å². The summed E-state index contributed by atoms with van der Waals surface area (Å²) in [7, 11) is 0. The zero-order valence-electron chi connectivity index (χ0n) is 18.8. The number of fused-ring (bicyclic) bond motifs is 2. The van der Waals surface area contributed by atoms with Crippen LogP contribution < -0.4 is 4.74 Å². The fourth-order valence-electron chi connectivity index (χ4n) is 5.03. The van der Waals surface area contributed by atoms with Crippen molar-refractivity contribution in [2.75, 3.05) is 19.6 Å². The molecule has 0 bridgehead atoms. The van der Waals surface area contributed by atoms with E-state index in [-0.39, 0.29) is 36.5 Å². The molecule has 5 rings (SSSR count). The molecule has 3 aliphatic rings. The SMILES string of the molecule is Cc1ccc2c(c1C)OC1(CCN(C(=O)CCN3C(=O)c4ccccc4C3=O)CC1)CC2=O. The first-order valence-electron chi connectivity index (χ1n) is 11.4. The average molecular weight is 447 g/mol. The zero-order chi connectivity index (χ0) is 23.3. The molecule has 7 nitrogen and oxygen atoms in total. The van der Waals surface area contributed by atoms with Gasteiger partial charge in [-0.3, -0.25) is 24.1 Å². The molecule has 0 aliphatic carbocycles. The molecule has 2 aromatic carbocycles. The second-order valence-electron chi connectivity index (χ2n) is 9.21. The summed E-state index contributed by atoms with van der Waals surface area (Å²) in [6.45, 7) is 5.00. The number of Topliss-reactive ketones (excluding diaryl/α,β-unsaturated/α-hetero) is 1. The van der Waals surface area contributed by atoms with Crippen molar-refractivity contribution < 1.29 is 23.9 Å². The second kappa shape index (κ2) is 7.83. The Bertz CT molecular complexity index is 1160. The Morgan fingerprint density at radius 3 is 2.21 bits per heavy atom. The minimum absolute atomic E-state index is 0.0632. The first-order valence-corrected chi connectivity index (χ1v) is 11.4. The van der Waals surface area contributed by atoms with Crippen molar-refractivity contribution >= 4 is 23.5 Å². The molecule has 3 aliphatic heterocycles. The van der Waals surface area contributed by atoms with Crippen molar-refractivity contribution in [3.63, 3.8) is 0 Å². The van der Waals surface area contributed by atoms with Crippen LogP contribution >= 0.6 is 0 Å². The number of aryl methyl sites for hydroxylation is 1. The minimum Gasteiger partial charge on any atom is -0.486 e. The molecule has 1 fully saturated rings. The van der Waals surface area contributed by atoms with Gasteiger partial charge in [-0.2, -0.15) is 0 Å². The van der Waals surface area contributed by atoms with Gasteiger partial charge >= 0.3 is 0 Å². The number of imide groups is 1. The third-order valence-electron chi connectivity index (χ3n) is 7.23. The fourth-order valence-corrected chi connectivity index (χ4v) is 5.03. The number of nitrogens with zero attached hydrogens (tertiary/aromatic N) is 2. The highest BCUT2D eigenvalue weighted by Gasteiger charge is 2.44. The number of hydrogen-bond acceptors (Lipinski definition) is 5. The number of hydrogen-bond donors (Lipinski definition) is 0. The summed E-state index contributed by atoms with van der Waals surface area (Å²) in [5.74, 6) is -0.0312. The van der Waals surface area contributed by atoms with Crippen LogP contribution in [0.5, 0.6) is 5.75 Å². The number of ketones is 1.